The third-order valence-electron chi connectivity index (χ3n) is 35.1. The van der Waals surface area contributed by atoms with E-state index >= 15 is 0 Å². The van der Waals surface area contributed by atoms with Gasteiger partial charge in [0.05, 0.1) is 0 Å². The Hall–Kier alpha value is -11.7. The smallest absolute Gasteiger partial charge is 0.143 e. The zero-order valence-corrected chi connectivity index (χ0v) is 86.2. The van der Waals surface area contributed by atoms with Gasteiger partial charge >= 0.3 is 0 Å². The van der Waals surface area contributed by atoms with Crippen molar-refractivity contribution in [3.63, 3.8) is 0 Å². The predicted molar refractivity (Wildman–Crippen MR) is 598 cm³/mol. The molecule has 0 saturated carbocycles. The summed E-state index contributed by atoms with van der Waals surface area (Å²) in [6.45, 7) is 29.6. The monoisotopic (exact) mass is 1840 g/mol. The molecule has 0 atom stereocenters. The Labute approximate surface area is 823 Å². The summed E-state index contributed by atoms with van der Waals surface area (Å²) in [5, 5.41) is 10.7. The lowest BCUT2D eigenvalue weighted by Gasteiger charge is -2.33. The van der Waals surface area contributed by atoms with Crippen LogP contribution in [-0.2, 0) is 21.7 Å². The van der Waals surface area contributed by atoms with Gasteiger partial charge in [-0.05, 0) is 262 Å². The summed E-state index contributed by atoms with van der Waals surface area (Å²) < 4.78 is 14.6. The van der Waals surface area contributed by atoms with E-state index in [4.69, 9.17) is 8.83 Å². The van der Waals surface area contributed by atoms with E-state index in [0.29, 0.717) is 0 Å². The van der Waals surface area contributed by atoms with Crippen LogP contribution in [0.25, 0.3) is 177 Å². The molecule has 4 heteroatoms. The lowest BCUT2D eigenvalue weighted by Crippen LogP contribution is -2.51. The molecule has 0 unspecified atom stereocenters. The molecule has 0 bridgehead atoms. The number of unbranched alkanes of at least 4 members (excludes halogenated alkanes) is 20. The van der Waals surface area contributed by atoms with Crippen LogP contribution in [0, 0.1) is 0 Å². The molecule has 15 aromatic carbocycles. The Morgan fingerprint density at radius 1 is 0.210 bits per heavy atom. The number of para-hydroxylation sites is 2. The molecular formula is C134H138O2Si2. The molecule has 0 amide bonds. The molecule has 17 aromatic rings. The predicted octanol–water partition coefficient (Wildman–Crippen LogP) is 37.2. The average Bonchev–Trinajstić information content (AvgIpc) is 1.51. The van der Waals surface area contributed by atoms with Crippen LogP contribution in [0.3, 0.4) is 0 Å². The number of fused-ring (bicyclic) bond motifs is 26. The number of furan rings is 2. The van der Waals surface area contributed by atoms with Crippen molar-refractivity contribution in [2.45, 2.75) is 283 Å². The van der Waals surface area contributed by atoms with E-state index in [9.17, 15) is 0 Å². The first-order valence-electron chi connectivity index (χ1n) is 53.7. The molecule has 2 aromatic heterocycles. The summed E-state index contributed by atoms with van der Waals surface area (Å²) in [4.78, 5) is 0. The number of hydrogen-bond acceptors (Lipinski definition) is 2. The molecule has 6 aliphatic rings. The summed E-state index contributed by atoms with van der Waals surface area (Å²) in [6, 6.07) is 111. The molecule has 0 spiro atoms. The molecular weight excluding hydrogens is 1700 g/mol. The second-order valence-electron chi connectivity index (χ2n) is 44.8. The van der Waals surface area contributed by atoms with E-state index in [1.165, 1.54) is 372 Å². The highest BCUT2D eigenvalue weighted by Gasteiger charge is 2.49. The zero-order chi connectivity index (χ0) is 94.1. The standard InChI is InChI=1S/C134H138O2Si2/c1-13-17-21-25-29-41-73-133(74-42-30-26-22-18-14-2)111-49-37-33-45-97(111)103-71-65-95(81-117(103)133)93-63-69-101-99-67-61-91(77-113(99)131(5,6)115(101)79-93)87-53-57-89(58-54-87)107-83-124-127(130-125(107)105-47-35-39-51-119(105)136-130)110-86-121-109(85-122(110)138(124,11)12)126-123(137(121,9)10)84-108(129-128(126)106-48-36-40-52-120(106)135-129)90-59-55-88(56-60-90)92-62-68-100-102-70-64-94(80-116(102)132(7,8)114(100)78-92)96-66-72-104-98-46-34-38-50-112(98)134(118(104)82-96,75-43-31-27-23-19-15-3)76-44-32-28-24-20-16-4/h33-40,45-72,77-86H,13-32,41-44,73-76H2,1-12H3. The molecule has 138 heavy (non-hydrogen) atoms. The molecule has 0 saturated heterocycles. The fourth-order valence-electron chi connectivity index (χ4n) is 27.4. The zero-order valence-electron chi connectivity index (χ0n) is 84.2. The Kier molecular flexibility index (Phi) is 23.5. The largest absolute Gasteiger partial charge is 0.455 e. The number of hydrogen-bond donors (Lipinski definition) is 0. The van der Waals surface area contributed by atoms with Gasteiger partial charge in [-0.25, -0.2) is 0 Å². The first-order valence-corrected chi connectivity index (χ1v) is 59.7. The van der Waals surface area contributed by atoms with Crippen LogP contribution in [0.5, 0.6) is 0 Å². The maximum absolute atomic E-state index is 7.38. The van der Waals surface area contributed by atoms with Crippen LogP contribution in [0.1, 0.15) is 280 Å². The van der Waals surface area contributed by atoms with Gasteiger partial charge in [0.15, 0.2) is 0 Å². The van der Waals surface area contributed by atoms with Crippen molar-refractivity contribution < 1.29 is 8.83 Å². The maximum Gasteiger partial charge on any atom is 0.143 e. The highest BCUT2D eigenvalue weighted by Crippen LogP contribution is 2.61. The van der Waals surface area contributed by atoms with E-state index in [-0.39, 0.29) is 21.7 Å². The topological polar surface area (TPSA) is 26.3 Å². The van der Waals surface area contributed by atoms with Crippen molar-refractivity contribution in [2.24, 2.45) is 0 Å². The van der Waals surface area contributed by atoms with Crippen molar-refractivity contribution in [3.05, 3.63) is 324 Å². The van der Waals surface area contributed by atoms with E-state index < -0.39 is 16.1 Å². The van der Waals surface area contributed by atoms with E-state index in [1.54, 1.807) is 22.3 Å². The molecule has 0 fully saturated rings. The lowest BCUT2D eigenvalue weighted by atomic mass is 9.70. The molecule has 0 N–H and O–H groups in total. The minimum Gasteiger partial charge on any atom is -0.455 e. The highest BCUT2D eigenvalue weighted by molar-refractivity contribution is 7.06. The average molecular weight is 1840 g/mol. The fourth-order valence-corrected chi connectivity index (χ4v) is 33.5. The summed E-state index contributed by atoms with van der Waals surface area (Å²) in [5.41, 5.74) is 47.2. The van der Waals surface area contributed by atoms with Gasteiger partial charge in [0, 0.05) is 54.3 Å². The molecule has 2 aliphatic heterocycles. The quantitative estimate of drug-likeness (QED) is 0.0297. The van der Waals surface area contributed by atoms with Crippen molar-refractivity contribution in [1.29, 1.82) is 0 Å². The summed E-state index contributed by atoms with van der Waals surface area (Å²) in [6.07, 6.45) is 36.6. The highest BCUT2D eigenvalue weighted by atomic mass is 28.3. The Bertz CT molecular complexity index is 7600. The van der Waals surface area contributed by atoms with Crippen molar-refractivity contribution in [1.82, 2.24) is 0 Å². The fraction of sp³-hybridized carbons (Fsp3) is 0.328. The summed E-state index contributed by atoms with van der Waals surface area (Å²) >= 11 is 0. The van der Waals surface area contributed by atoms with Crippen LogP contribution < -0.4 is 20.7 Å². The van der Waals surface area contributed by atoms with E-state index in [2.05, 4.69) is 361 Å². The second-order valence-corrected chi connectivity index (χ2v) is 53.4. The SMILES string of the molecule is CCCCCCCCC1(CCCCCCCC)c2ccccc2-c2ccc(-c3ccc4c(c3)C(C)(C)c3cc(-c5ccc(-c6cc7c(c8c6oc6ccccc68)-c6cc8c(cc6[Si]7(C)C)-c6c(cc(-c7ccc(-c9ccc%10c(c9)C(C)(C)c9cc(-c%11ccc%12c(c%11)C(CCCCCCCC)(CCCCCCCC)c%11ccccc%11-%12)ccc9-%10)cc7)c7c6oc6ccccc67)[Si]8(C)C)cc5)ccc3-4)cc21. The van der Waals surface area contributed by atoms with Gasteiger partial charge in [0.1, 0.15) is 38.5 Å². The molecule has 2 nitrogen and oxygen atoms in total. The van der Waals surface area contributed by atoms with Crippen molar-refractivity contribution >= 4 is 80.8 Å². The summed E-state index contributed by atoms with van der Waals surface area (Å²) in [5.74, 6) is 0. The minimum atomic E-state index is -2.45. The third-order valence-corrected chi connectivity index (χ3v) is 42.1. The van der Waals surface area contributed by atoms with E-state index in [0.717, 1.165) is 27.7 Å². The van der Waals surface area contributed by atoms with Gasteiger partial charge in [-0.2, -0.15) is 0 Å². The molecule has 23 rings (SSSR count). The lowest BCUT2D eigenvalue weighted by molar-refractivity contribution is 0.398. The normalized spacial score (nSPS) is 15.4. The van der Waals surface area contributed by atoms with Crippen LogP contribution in [0.2, 0.25) is 26.2 Å². The van der Waals surface area contributed by atoms with Crippen LogP contribution in [-0.4, -0.2) is 16.1 Å². The van der Waals surface area contributed by atoms with E-state index in [1.807, 2.05) is 0 Å². The van der Waals surface area contributed by atoms with Gasteiger partial charge in [0.2, 0.25) is 0 Å². The summed E-state index contributed by atoms with van der Waals surface area (Å²) in [7, 11) is -4.89. The Morgan fingerprint density at radius 3 is 0.884 bits per heavy atom. The maximum atomic E-state index is 7.38. The molecule has 4 heterocycles. The first kappa shape index (κ1) is 90.2. The number of rotatable bonds is 34. The van der Waals surface area contributed by atoms with Gasteiger partial charge in [0.25, 0.3) is 0 Å². The Morgan fingerprint density at radius 2 is 0.486 bits per heavy atom. The van der Waals surface area contributed by atoms with Gasteiger partial charge in [-0.3, -0.25) is 0 Å². The minimum absolute atomic E-state index is 0.0412. The van der Waals surface area contributed by atoms with Gasteiger partial charge in [-0.1, -0.05) is 466 Å². The van der Waals surface area contributed by atoms with Crippen LogP contribution in [0.15, 0.2) is 288 Å². The van der Waals surface area contributed by atoms with Crippen molar-refractivity contribution in [3.8, 4) is 134 Å². The number of benzene rings is 15. The van der Waals surface area contributed by atoms with Crippen LogP contribution >= 0.6 is 0 Å². The van der Waals surface area contributed by atoms with Crippen molar-refractivity contribution in [2.75, 3.05) is 0 Å². The second kappa shape index (κ2) is 35.9. The molecule has 0 radical (unpaired) electrons. The molecule has 694 valence electrons. The Balaban J connectivity index is 0.530. The third kappa shape index (κ3) is 14.7. The molecule has 4 aliphatic carbocycles. The first-order chi connectivity index (χ1) is 67.3. The van der Waals surface area contributed by atoms with Crippen LogP contribution in [0.4, 0.5) is 0 Å². The van der Waals surface area contributed by atoms with Gasteiger partial charge in [-0.15, -0.1) is 0 Å². The van der Waals surface area contributed by atoms with Gasteiger partial charge < -0.3 is 8.83 Å².